The molecule has 1 aromatic rings. The van der Waals surface area contributed by atoms with Crippen LogP contribution in [-0.4, -0.2) is 30.2 Å². The number of hydrogen-bond donors (Lipinski definition) is 0. The van der Waals surface area contributed by atoms with E-state index >= 15 is 0 Å². The smallest absolute Gasteiger partial charge is 0.411 e. The maximum absolute atomic E-state index is 11.3. The number of rotatable bonds is 3. The van der Waals surface area contributed by atoms with E-state index in [0.717, 1.165) is 5.56 Å². The Labute approximate surface area is 94.0 Å². The van der Waals surface area contributed by atoms with Gasteiger partial charge in [-0.1, -0.05) is 30.3 Å². The summed E-state index contributed by atoms with van der Waals surface area (Å²) in [6.45, 7) is 0.885. The molecule has 0 saturated carbocycles. The first-order chi connectivity index (χ1) is 7.81. The summed E-state index contributed by atoms with van der Waals surface area (Å²) in [4.78, 5) is 12.8. The van der Waals surface area contributed by atoms with Gasteiger partial charge in [-0.15, -0.1) is 0 Å². The van der Waals surface area contributed by atoms with Gasteiger partial charge in [-0.05, 0) is 5.56 Å². The van der Waals surface area contributed by atoms with E-state index in [1.54, 1.807) is 0 Å². The first-order valence-electron chi connectivity index (χ1n) is 5.18. The Morgan fingerprint density at radius 3 is 2.75 bits per heavy atom. The number of carbonyl (C=O) groups excluding carboxylic acids is 1. The largest absolute Gasteiger partial charge is 0.447 e. The fourth-order valence-corrected chi connectivity index (χ4v) is 1.75. The Morgan fingerprint density at radius 1 is 1.44 bits per heavy atom. The summed E-state index contributed by atoms with van der Waals surface area (Å²) >= 11 is 0. The molecule has 1 aromatic carbocycles. The predicted octanol–water partition coefficient (Wildman–Crippen LogP) is 1.57. The minimum Gasteiger partial charge on any atom is -0.447 e. The van der Waals surface area contributed by atoms with E-state index in [-0.39, 0.29) is 6.09 Å². The third-order valence-corrected chi connectivity index (χ3v) is 2.59. The molecule has 0 spiro atoms. The molecule has 2 rings (SSSR count). The second kappa shape index (κ2) is 4.67. The predicted molar refractivity (Wildman–Crippen MR) is 57.6 cm³/mol. The van der Waals surface area contributed by atoms with Crippen LogP contribution in [0.5, 0.6) is 0 Å². The third kappa shape index (κ3) is 2.14. The molecule has 1 atom stereocenters. The lowest BCUT2D eigenvalue weighted by Crippen LogP contribution is -2.36. The molecular formula is C12H12N2O2. The molecule has 1 fully saturated rings. The molecule has 4 heteroatoms. The van der Waals surface area contributed by atoms with E-state index in [0.29, 0.717) is 19.6 Å². The Balaban J connectivity index is 2.07. The van der Waals surface area contributed by atoms with Crippen molar-refractivity contribution in [3.05, 3.63) is 35.9 Å². The molecule has 1 amide bonds. The van der Waals surface area contributed by atoms with Crippen molar-refractivity contribution in [2.24, 2.45) is 0 Å². The molecule has 0 bridgehead atoms. The van der Waals surface area contributed by atoms with Gasteiger partial charge in [0.15, 0.2) is 0 Å². The van der Waals surface area contributed by atoms with Crippen LogP contribution >= 0.6 is 0 Å². The fourth-order valence-electron chi connectivity index (χ4n) is 1.75. The van der Waals surface area contributed by atoms with Crippen LogP contribution in [0.2, 0.25) is 0 Å². The fraction of sp³-hybridized carbons (Fsp3) is 0.333. The number of nitrogens with zero attached hydrogens (tertiary/aromatic N) is 2. The number of nitriles is 1. The first kappa shape index (κ1) is 10.5. The van der Waals surface area contributed by atoms with E-state index < -0.39 is 6.04 Å². The molecule has 16 heavy (non-hydrogen) atoms. The number of amides is 1. The zero-order valence-corrected chi connectivity index (χ0v) is 8.80. The Hall–Kier alpha value is -2.02. The van der Waals surface area contributed by atoms with Crippen LogP contribution in [0.15, 0.2) is 30.3 Å². The molecule has 1 heterocycles. The van der Waals surface area contributed by atoms with E-state index in [9.17, 15) is 4.79 Å². The van der Waals surface area contributed by atoms with Crippen LogP contribution in [0.25, 0.3) is 0 Å². The van der Waals surface area contributed by atoms with Crippen molar-refractivity contribution in [1.82, 2.24) is 4.90 Å². The lowest BCUT2D eigenvalue weighted by Gasteiger charge is -2.18. The maximum atomic E-state index is 11.3. The van der Waals surface area contributed by atoms with Crippen LogP contribution in [0.1, 0.15) is 5.56 Å². The lowest BCUT2D eigenvalue weighted by atomic mass is 10.1. The van der Waals surface area contributed by atoms with E-state index in [2.05, 4.69) is 6.07 Å². The zero-order valence-electron chi connectivity index (χ0n) is 8.80. The van der Waals surface area contributed by atoms with Crippen molar-refractivity contribution in [2.75, 3.05) is 13.2 Å². The van der Waals surface area contributed by atoms with E-state index in [1.165, 1.54) is 4.90 Å². The molecule has 1 unspecified atom stereocenters. The van der Waals surface area contributed by atoms with Crippen molar-refractivity contribution in [1.29, 1.82) is 5.26 Å². The molecular weight excluding hydrogens is 204 g/mol. The summed E-state index contributed by atoms with van der Waals surface area (Å²) in [5.74, 6) is 0. The highest BCUT2D eigenvalue weighted by molar-refractivity contribution is 5.70. The summed E-state index contributed by atoms with van der Waals surface area (Å²) in [7, 11) is 0. The number of carbonyl (C=O) groups is 1. The van der Waals surface area contributed by atoms with Gasteiger partial charge in [0, 0.05) is 6.42 Å². The van der Waals surface area contributed by atoms with E-state index in [4.69, 9.17) is 10.00 Å². The van der Waals surface area contributed by atoms with Gasteiger partial charge in [-0.2, -0.15) is 5.26 Å². The van der Waals surface area contributed by atoms with Gasteiger partial charge in [0.25, 0.3) is 0 Å². The zero-order chi connectivity index (χ0) is 11.4. The van der Waals surface area contributed by atoms with Crippen LogP contribution in [0.4, 0.5) is 4.79 Å². The SMILES string of the molecule is N#CC(Cc1ccccc1)N1CCOC1=O. The van der Waals surface area contributed by atoms with Crippen LogP contribution in [-0.2, 0) is 11.2 Å². The molecule has 82 valence electrons. The second-order valence-corrected chi connectivity index (χ2v) is 3.64. The topological polar surface area (TPSA) is 53.3 Å². The Bertz CT molecular complexity index is 411. The average molecular weight is 216 g/mol. The summed E-state index contributed by atoms with van der Waals surface area (Å²) in [6.07, 6.45) is 0.161. The molecule has 1 saturated heterocycles. The molecule has 0 aliphatic carbocycles. The van der Waals surface area contributed by atoms with Gasteiger partial charge >= 0.3 is 6.09 Å². The van der Waals surface area contributed by atoms with Gasteiger partial charge < -0.3 is 4.74 Å². The van der Waals surface area contributed by atoms with Gasteiger partial charge in [0.05, 0.1) is 12.6 Å². The van der Waals surface area contributed by atoms with Gasteiger partial charge in [-0.25, -0.2) is 4.79 Å². The molecule has 1 aliphatic rings. The third-order valence-electron chi connectivity index (χ3n) is 2.59. The molecule has 0 radical (unpaired) electrons. The number of benzene rings is 1. The maximum Gasteiger partial charge on any atom is 0.411 e. The Morgan fingerprint density at radius 2 is 2.19 bits per heavy atom. The summed E-state index contributed by atoms with van der Waals surface area (Å²) < 4.78 is 4.82. The highest BCUT2D eigenvalue weighted by Gasteiger charge is 2.29. The number of hydrogen-bond acceptors (Lipinski definition) is 3. The monoisotopic (exact) mass is 216 g/mol. The molecule has 0 N–H and O–H groups in total. The highest BCUT2D eigenvalue weighted by Crippen LogP contribution is 2.13. The summed E-state index contributed by atoms with van der Waals surface area (Å²) in [5.41, 5.74) is 1.05. The number of ether oxygens (including phenoxy) is 1. The van der Waals surface area contributed by atoms with Crippen LogP contribution in [0, 0.1) is 11.3 Å². The molecule has 1 aliphatic heterocycles. The highest BCUT2D eigenvalue weighted by atomic mass is 16.6. The normalized spacial score (nSPS) is 16.7. The van der Waals surface area contributed by atoms with E-state index in [1.807, 2.05) is 30.3 Å². The molecule has 4 nitrogen and oxygen atoms in total. The quantitative estimate of drug-likeness (QED) is 0.770. The van der Waals surface area contributed by atoms with Crippen LogP contribution in [0.3, 0.4) is 0 Å². The second-order valence-electron chi connectivity index (χ2n) is 3.64. The van der Waals surface area contributed by atoms with Gasteiger partial charge in [0.1, 0.15) is 12.6 Å². The standard InChI is InChI=1S/C12H12N2O2/c13-9-11(14-6-7-16-12(14)15)8-10-4-2-1-3-5-10/h1-5,11H,6-8H2. The van der Waals surface area contributed by atoms with Gasteiger partial charge in [-0.3, -0.25) is 4.90 Å². The van der Waals surface area contributed by atoms with Crippen molar-refractivity contribution in [2.45, 2.75) is 12.5 Å². The van der Waals surface area contributed by atoms with Crippen molar-refractivity contribution >= 4 is 6.09 Å². The molecule has 0 aromatic heterocycles. The van der Waals surface area contributed by atoms with Crippen molar-refractivity contribution < 1.29 is 9.53 Å². The van der Waals surface area contributed by atoms with Gasteiger partial charge in [0.2, 0.25) is 0 Å². The minimum absolute atomic E-state index is 0.381. The van der Waals surface area contributed by atoms with Crippen LogP contribution < -0.4 is 0 Å². The summed E-state index contributed by atoms with van der Waals surface area (Å²) in [5, 5.41) is 9.07. The summed E-state index contributed by atoms with van der Waals surface area (Å²) in [6, 6.07) is 11.4. The first-order valence-corrected chi connectivity index (χ1v) is 5.18. The average Bonchev–Trinajstić information content (AvgIpc) is 2.74. The Kier molecular flexibility index (Phi) is 3.06. The lowest BCUT2D eigenvalue weighted by molar-refractivity contribution is 0.153. The minimum atomic E-state index is -0.433. The number of cyclic esters (lactones) is 1. The van der Waals surface area contributed by atoms with Crippen molar-refractivity contribution in [3.63, 3.8) is 0 Å². The van der Waals surface area contributed by atoms with Crippen molar-refractivity contribution in [3.8, 4) is 6.07 Å².